The van der Waals surface area contributed by atoms with Crippen LogP contribution in [0.15, 0.2) is 12.1 Å². The summed E-state index contributed by atoms with van der Waals surface area (Å²) < 4.78 is 10.3. The highest BCUT2D eigenvalue weighted by Crippen LogP contribution is 2.51. The number of hydrogen-bond donors (Lipinski definition) is 3. The summed E-state index contributed by atoms with van der Waals surface area (Å²) in [5, 5.41) is 22.5. The standard InChI is InChI=1S/C32H39N3O11/c1-31(2,3)29(42)45-13-46-30(43)35(16-7-8-16)12-14-6-9-19(36)21-17(14)10-15-11-18-23(34(4)5)25(38)22(28(33)41)27(40)32(18,44)26(39)20(15)24(21)37/h6,9,15-16,18,20,22-23,36,44H,7-8,10-13H2,1-5H3,(H2,33,41)/t15-,18-,20?,22?,23-,32-/m0/s1. The topological polar surface area (TPSA) is 211 Å². The molecule has 3 saturated carbocycles. The highest BCUT2D eigenvalue weighted by Gasteiger charge is 2.69. The minimum absolute atomic E-state index is 0.0110. The van der Waals surface area contributed by atoms with Gasteiger partial charge in [-0.2, -0.15) is 0 Å². The van der Waals surface area contributed by atoms with Crippen LogP contribution in [-0.2, 0) is 46.4 Å². The van der Waals surface area contributed by atoms with E-state index < -0.39 is 94.4 Å². The van der Waals surface area contributed by atoms with Crippen LogP contribution in [-0.4, -0.2) is 99.7 Å². The Morgan fingerprint density at radius 1 is 1.04 bits per heavy atom. The largest absolute Gasteiger partial charge is 0.507 e. The lowest BCUT2D eigenvalue weighted by Gasteiger charge is -2.52. The third kappa shape index (κ3) is 5.36. The predicted octanol–water partition coefficient (Wildman–Crippen LogP) is 0.515. The Labute approximate surface area is 265 Å². The number of nitrogens with zero attached hydrogens (tertiary/aromatic N) is 2. The Morgan fingerprint density at radius 3 is 2.26 bits per heavy atom. The fourth-order valence-corrected chi connectivity index (χ4v) is 7.16. The first-order valence-corrected chi connectivity index (χ1v) is 15.2. The number of hydrogen-bond acceptors (Lipinski definition) is 12. The molecule has 14 nitrogen and oxygen atoms in total. The molecule has 5 rings (SSSR count). The van der Waals surface area contributed by atoms with Crippen LogP contribution in [0.5, 0.6) is 5.75 Å². The number of likely N-dealkylation sites (N-methyl/N-ethyl adjacent to an activating group) is 1. The molecule has 3 fully saturated rings. The van der Waals surface area contributed by atoms with E-state index in [1.54, 1.807) is 26.8 Å². The second kappa shape index (κ2) is 11.6. The molecule has 0 bridgehead atoms. The van der Waals surface area contributed by atoms with Gasteiger partial charge in [0, 0.05) is 18.5 Å². The number of Topliss-reactive ketones (excluding diaryl/α,β-unsaturated/α-hetero) is 4. The maximum absolute atomic E-state index is 14.0. The molecular formula is C32H39N3O11. The minimum Gasteiger partial charge on any atom is -0.507 e. The van der Waals surface area contributed by atoms with Gasteiger partial charge in [0.1, 0.15) is 5.75 Å². The van der Waals surface area contributed by atoms with E-state index in [1.807, 2.05) is 0 Å². The Hall–Kier alpha value is -4.17. The van der Waals surface area contributed by atoms with Crippen molar-refractivity contribution in [2.75, 3.05) is 20.9 Å². The first-order chi connectivity index (χ1) is 21.4. The normalized spacial score (nSPS) is 29.1. The number of amides is 2. The number of carbonyl (C=O) groups excluding carboxylic acids is 7. The second-order valence-electron chi connectivity index (χ2n) is 14.0. The van der Waals surface area contributed by atoms with Crippen LogP contribution < -0.4 is 5.73 Å². The van der Waals surface area contributed by atoms with Crippen LogP contribution in [0.2, 0.25) is 0 Å². The summed E-state index contributed by atoms with van der Waals surface area (Å²) in [6.07, 6.45) is 0.644. The molecule has 0 saturated heterocycles. The molecule has 248 valence electrons. The van der Waals surface area contributed by atoms with Crippen molar-refractivity contribution in [2.24, 2.45) is 34.8 Å². The van der Waals surface area contributed by atoms with Crippen LogP contribution >= 0.6 is 0 Å². The maximum atomic E-state index is 14.0. The maximum Gasteiger partial charge on any atom is 0.413 e. The summed E-state index contributed by atoms with van der Waals surface area (Å²) in [4.78, 5) is 94.9. The smallest absolute Gasteiger partial charge is 0.413 e. The number of ether oxygens (including phenoxy) is 2. The Kier molecular flexibility index (Phi) is 8.35. The molecule has 0 heterocycles. The average Bonchev–Trinajstić information content (AvgIpc) is 3.79. The number of rotatable bonds is 7. The van der Waals surface area contributed by atoms with E-state index in [2.05, 4.69) is 0 Å². The Balaban J connectivity index is 1.46. The van der Waals surface area contributed by atoms with Crippen molar-refractivity contribution in [1.82, 2.24) is 9.80 Å². The van der Waals surface area contributed by atoms with E-state index >= 15 is 0 Å². The van der Waals surface area contributed by atoms with E-state index in [9.17, 15) is 43.8 Å². The highest BCUT2D eigenvalue weighted by molar-refractivity contribution is 6.32. The molecule has 4 aliphatic rings. The zero-order chi connectivity index (χ0) is 34.0. The first-order valence-electron chi connectivity index (χ1n) is 15.2. The molecule has 4 aliphatic carbocycles. The number of benzene rings is 1. The van der Waals surface area contributed by atoms with Gasteiger partial charge in [0.25, 0.3) is 0 Å². The second-order valence-corrected chi connectivity index (χ2v) is 14.0. The third-order valence-electron chi connectivity index (χ3n) is 9.59. The molecule has 0 spiro atoms. The molecular weight excluding hydrogens is 602 g/mol. The molecule has 1 aromatic carbocycles. The summed E-state index contributed by atoms with van der Waals surface area (Å²) in [6.45, 7) is 4.40. The molecule has 0 aliphatic heterocycles. The average molecular weight is 642 g/mol. The lowest BCUT2D eigenvalue weighted by molar-refractivity contribution is -0.181. The van der Waals surface area contributed by atoms with Crippen molar-refractivity contribution < 1.29 is 53.2 Å². The van der Waals surface area contributed by atoms with Gasteiger partial charge >= 0.3 is 12.1 Å². The lowest BCUT2D eigenvalue weighted by atomic mass is 9.52. The van der Waals surface area contributed by atoms with Gasteiger partial charge in [-0.05, 0) is 83.7 Å². The zero-order valence-corrected chi connectivity index (χ0v) is 26.4. The summed E-state index contributed by atoms with van der Waals surface area (Å²) in [5.74, 6) is -11.9. The summed E-state index contributed by atoms with van der Waals surface area (Å²) >= 11 is 0. The molecule has 2 unspecified atom stereocenters. The molecule has 2 amide bonds. The number of aliphatic hydroxyl groups is 1. The number of ketones is 4. The number of phenols is 1. The van der Waals surface area contributed by atoms with E-state index in [-0.39, 0.29) is 31.0 Å². The van der Waals surface area contributed by atoms with Gasteiger partial charge in [-0.1, -0.05) is 6.07 Å². The van der Waals surface area contributed by atoms with Gasteiger partial charge in [0.05, 0.1) is 22.9 Å². The number of fused-ring (bicyclic) bond motifs is 3. The Bertz CT molecular complexity index is 1540. The van der Waals surface area contributed by atoms with Gasteiger partial charge in [0.15, 0.2) is 34.7 Å². The van der Waals surface area contributed by atoms with Gasteiger partial charge in [-0.15, -0.1) is 0 Å². The van der Waals surface area contributed by atoms with Crippen molar-refractivity contribution in [2.45, 2.75) is 70.7 Å². The molecule has 0 aromatic heterocycles. The number of esters is 1. The third-order valence-corrected chi connectivity index (χ3v) is 9.59. The molecule has 0 radical (unpaired) electrons. The molecule has 46 heavy (non-hydrogen) atoms. The lowest BCUT2D eigenvalue weighted by Crippen LogP contribution is -2.74. The molecule has 6 atom stereocenters. The van der Waals surface area contributed by atoms with Gasteiger partial charge in [-0.3, -0.25) is 33.7 Å². The highest BCUT2D eigenvalue weighted by atomic mass is 16.7. The number of nitrogens with two attached hydrogens (primary N) is 1. The van der Waals surface area contributed by atoms with Crippen molar-refractivity contribution in [1.29, 1.82) is 0 Å². The number of phenolic OH excluding ortho intramolecular Hbond substituents is 1. The van der Waals surface area contributed by atoms with Crippen molar-refractivity contribution in [3.63, 3.8) is 0 Å². The van der Waals surface area contributed by atoms with Gasteiger partial charge in [-0.25, -0.2) is 4.79 Å². The van der Waals surface area contributed by atoms with Crippen LogP contribution in [0.1, 0.15) is 61.5 Å². The SMILES string of the molecule is CN(C)[C@@H]1C(=O)C(C(N)=O)C(=O)[C@@]2(O)C(=O)C3C(=O)c4c(O)ccc(CN(C(=O)OCOC(=O)C(C)(C)C)C5CC5)c4C[C@H]3C[C@@H]12. The summed E-state index contributed by atoms with van der Waals surface area (Å²) in [6, 6.07) is 1.47. The zero-order valence-electron chi connectivity index (χ0n) is 26.4. The summed E-state index contributed by atoms with van der Waals surface area (Å²) in [5.41, 5.74) is 2.50. The quantitative estimate of drug-likeness (QED) is 0.211. The van der Waals surface area contributed by atoms with Crippen LogP contribution in [0.25, 0.3) is 0 Å². The van der Waals surface area contributed by atoms with Crippen LogP contribution in [0.4, 0.5) is 4.79 Å². The van der Waals surface area contributed by atoms with E-state index in [1.165, 1.54) is 30.0 Å². The van der Waals surface area contributed by atoms with Crippen LogP contribution in [0.3, 0.4) is 0 Å². The fourth-order valence-electron chi connectivity index (χ4n) is 7.16. The first kappa shape index (κ1) is 33.2. The number of carbonyl (C=O) groups is 7. The van der Waals surface area contributed by atoms with E-state index in [4.69, 9.17) is 15.2 Å². The van der Waals surface area contributed by atoms with E-state index in [0.717, 1.165) is 0 Å². The predicted molar refractivity (Wildman–Crippen MR) is 157 cm³/mol. The number of primary amides is 1. The van der Waals surface area contributed by atoms with Gasteiger partial charge in [0.2, 0.25) is 12.7 Å². The molecule has 1 aromatic rings. The van der Waals surface area contributed by atoms with Crippen molar-refractivity contribution >= 4 is 41.1 Å². The molecule has 14 heteroatoms. The minimum atomic E-state index is -2.81. The van der Waals surface area contributed by atoms with Crippen molar-refractivity contribution in [3.05, 3.63) is 28.8 Å². The van der Waals surface area contributed by atoms with Gasteiger partial charge < -0.3 is 30.3 Å². The summed E-state index contributed by atoms with van der Waals surface area (Å²) in [7, 11) is 3.03. The van der Waals surface area contributed by atoms with E-state index in [0.29, 0.717) is 24.0 Å². The van der Waals surface area contributed by atoms with Crippen molar-refractivity contribution in [3.8, 4) is 5.75 Å². The molecule has 4 N–H and O–H groups in total. The fraction of sp³-hybridized carbons (Fsp3) is 0.594. The monoisotopic (exact) mass is 641 g/mol. The number of aromatic hydroxyl groups is 1. The van der Waals surface area contributed by atoms with Crippen LogP contribution in [0, 0.1) is 29.1 Å². The Morgan fingerprint density at radius 2 is 1.70 bits per heavy atom.